The molecule has 7 rings (SSSR count). The number of carbonyl (C=O) groups is 1. The van der Waals surface area contributed by atoms with Crippen LogP contribution in [0.3, 0.4) is 0 Å². The van der Waals surface area contributed by atoms with Crippen LogP contribution in [0.5, 0.6) is 0 Å². The van der Waals surface area contributed by atoms with Crippen molar-refractivity contribution in [2.75, 3.05) is 0 Å². The molecular formula is C43H38N6O. The zero-order valence-corrected chi connectivity index (χ0v) is 28.0. The fraction of sp³-hybridized carbons (Fsp3) is 0.0930. The molecule has 5 aromatic carbocycles. The van der Waals surface area contributed by atoms with Gasteiger partial charge in [0.1, 0.15) is 0 Å². The quantitative estimate of drug-likeness (QED) is 0.112. The molecule has 50 heavy (non-hydrogen) atoms. The standard InChI is InChI=1S/C43H38N6O/c1-28(31-15-6-4-7-16-31)44-30(3)35-21-10-11-22-36(35)41-26-39(46-48-41)33-19-14-20-34(25-33)40-27-42(49-47-40)37-23-12-13-24-38(37)43(50)45-29(2)32-17-8-5-9-18-32/h4-29,44H,3H2,1-2H3,(H,45,50)(H,46,48)(H,47,49). The Bertz CT molecular complexity index is 2100. The van der Waals surface area contributed by atoms with Crippen LogP contribution in [0.4, 0.5) is 0 Å². The second-order valence-corrected chi connectivity index (χ2v) is 12.4. The molecule has 0 aliphatic heterocycles. The summed E-state index contributed by atoms with van der Waals surface area (Å²) in [5.74, 6) is -0.143. The minimum absolute atomic E-state index is 0.105. The van der Waals surface area contributed by atoms with Crippen molar-refractivity contribution in [1.82, 2.24) is 31.0 Å². The van der Waals surface area contributed by atoms with Crippen LogP contribution in [0.2, 0.25) is 0 Å². The number of rotatable bonds is 11. The van der Waals surface area contributed by atoms with Crippen molar-refractivity contribution in [3.05, 3.63) is 174 Å². The summed E-state index contributed by atoms with van der Waals surface area (Å²) in [6.45, 7) is 8.49. The Hall–Kier alpha value is -6.47. The largest absolute Gasteiger partial charge is 0.378 e. The van der Waals surface area contributed by atoms with Gasteiger partial charge in [-0.1, -0.05) is 128 Å². The summed E-state index contributed by atoms with van der Waals surface area (Å²) in [5.41, 5.74) is 11.6. The molecule has 7 aromatic rings. The molecule has 0 fully saturated rings. The molecular weight excluding hydrogens is 617 g/mol. The van der Waals surface area contributed by atoms with Gasteiger partial charge in [-0.3, -0.25) is 15.0 Å². The Morgan fingerprint density at radius 1 is 0.560 bits per heavy atom. The number of nitrogens with zero attached hydrogens (tertiary/aromatic N) is 2. The molecule has 2 heterocycles. The molecule has 0 saturated heterocycles. The maximum atomic E-state index is 13.4. The molecule has 2 aromatic heterocycles. The molecule has 4 N–H and O–H groups in total. The summed E-state index contributed by atoms with van der Waals surface area (Å²) in [6, 6.07) is 48.2. The van der Waals surface area contributed by atoms with Crippen molar-refractivity contribution in [3.8, 4) is 45.0 Å². The van der Waals surface area contributed by atoms with Gasteiger partial charge in [0.05, 0.1) is 28.8 Å². The van der Waals surface area contributed by atoms with Crippen molar-refractivity contribution >= 4 is 11.6 Å². The van der Waals surface area contributed by atoms with Gasteiger partial charge in [0.25, 0.3) is 5.91 Å². The van der Waals surface area contributed by atoms with E-state index in [9.17, 15) is 4.79 Å². The summed E-state index contributed by atoms with van der Waals surface area (Å²) in [6.07, 6.45) is 0. The second kappa shape index (κ2) is 14.3. The number of hydrogen-bond donors (Lipinski definition) is 4. The van der Waals surface area contributed by atoms with Gasteiger partial charge in [-0.15, -0.1) is 0 Å². The van der Waals surface area contributed by atoms with Gasteiger partial charge in [0.15, 0.2) is 0 Å². The lowest BCUT2D eigenvalue weighted by Crippen LogP contribution is -2.27. The summed E-state index contributed by atoms with van der Waals surface area (Å²) in [5, 5.41) is 22.4. The lowest BCUT2D eigenvalue weighted by atomic mass is 9.99. The SMILES string of the molecule is C=C(NC(C)c1ccccc1)c1ccccc1-c1cc(-c2cccc(-c3cc(-c4ccccc4C(=O)NC(C)c4ccccc4)[nH]n3)c2)n[nH]1. The highest BCUT2D eigenvalue weighted by Gasteiger charge is 2.18. The van der Waals surface area contributed by atoms with Gasteiger partial charge in [-0.05, 0) is 49.2 Å². The topological polar surface area (TPSA) is 98.5 Å². The zero-order valence-electron chi connectivity index (χ0n) is 28.0. The molecule has 2 atom stereocenters. The molecule has 0 saturated carbocycles. The maximum Gasteiger partial charge on any atom is 0.252 e. The average molecular weight is 655 g/mol. The van der Waals surface area contributed by atoms with Crippen molar-refractivity contribution < 1.29 is 4.79 Å². The number of amides is 1. The van der Waals surface area contributed by atoms with Crippen LogP contribution in [0, 0.1) is 0 Å². The highest BCUT2D eigenvalue weighted by atomic mass is 16.1. The van der Waals surface area contributed by atoms with E-state index in [0.29, 0.717) is 5.56 Å². The van der Waals surface area contributed by atoms with Crippen LogP contribution in [0.15, 0.2) is 152 Å². The van der Waals surface area contributed by atoms with E-state index >= 15 is 0 Å². The summed E-state index contributed by atoms with van der Waals surface area (Å²) in [7, 11) is 0. The van der Waals surface area contributed by atoms with E-state index in [1.807, 2.05) is 116 Å². The number of nitrogens with one attached hydrogen (secondary N) is 4. The van der Waals surface area contributed by atoms with Gasteiger partial charge in [-0.25, -0.2) is 0 Å². The number of benzene rings is 5. The van der Waals surface area contributed by atoms with Crippen LogP contribution in [-0.2, 0) is 0 Å². The average Bonchev–Trinajstić information content (AvgIpc) is 3.87. The summed E-state index contributed by atoms with van der Waals surface area (Å²) >= 11 is 0. The lowest BCUT2D eigenvalue weighted by molar-refractivity contribution is 0.0940. The molecule has 7 heteroatoms. The van der Waals surface area contributed by atoms with Crippen molar-refractivity contribution in [3.63, 3.8) is 0 Å². The van der Waals surface area contributed by atoms with Gasteiger partial charge >= 0.3 is 0 Å². The third kappa shape index (κ3) is 6.89. The monoisotopic (exact) mass is 654 g/mol. The predicted octanol–water partition coefficient (Wildman–Crippen LogP) is 9.61. The van der Waals surface area contributed by atoms with E-state index in [1.165, 1.54) is 5.56 Å². The Morgan fingerprint density at radius 3 is 1.58 bits per heavy atom. The predicted molar refractivity (Wildman–Crippen MR) is 202 cm³/mol. The maximum absolute atomic E-state index is 13.4. The number of hydrogen-bond acceptors (Lipinski definition) is 4. The number of aromatic amines is 2. The van der Waals surface area contributed by atoms with E-state index < -0.39 is 0 Å². The van der Waals surface area contributed by atoms with Crippen LogP contribution in [0.1, 0.15) is 53.0 Å². The highest BCUT2D eigenvalue weighted by molar-refractivity contribution is 6.01. The number of carbonyl (C=O) groups excluding carboxylic acids is 1. The first-order valence-electron chi connectivity index (χ1n) is 16.7. The molecule has 0 bridgehead atoms. The first-order chi connectivity index (χ1) is 24.4. The minimum atomic E-state index is -0.143. The summed E-state index contributed by atoms with van der Waals surface area (Å²) < 4.78 is 0. The Morgan fingerprint density at radius 2 is 1.02 bits per heavy atom. The van der Waals surface area contributed by atoms with Crippen LogP contribution in [-0.4, -0.2) is 26.3 Å². The third-order valence-electron chi connectivity index (χ3n) is 8.95. The lowest BCUT2D eigenvalue weighted by Gasteiger charge is -2.19. The van der Waals surface area contributed by atoms with E-state index in [1.54, 1.807) is 0 Å². The molecule has 0 aliphatic carbocycles. The first-order valence-corrected chi connectivity index (χ1v) is 16.7. The normalized spacial score (nSPS) is 12.2. The molecule has 246 valence electrons. The number of H-pyrrole nitrogens is 2. The zero-order chi connectivity index (χ0) is 34.5. The minimum Gasteiger partial charge on any atom is -0.378 e. The smallest absolute Gasteiger partial charge is 0.252 e. The molecule has 0 aliphatic rings. The van der Waals surface area contributed by atoms with Crippen LogP contribution < -0.4 is 10.6 Å². The second-order valence-electron chi connectivity index (χ2n) is 12.4. The van der Waals surface area contributed by atoms with E-state index in [4.69, 9.17) is 0 Å². The first kappa shape index (κ1) is 32.1. The van der Waals surface area contributed by atoms with E-state index in [2.05, 4.69) is 80.9 Å². The van der Waals surface area contributed by atoms with Gasteiger partial charge in [-0.2, -0.15) is 10.2 Å². The summed E-state index contributed by atoms with van der Waals surface area (Å²) in [4.78, 5) is 13.4. The number of aromatic nitrogens is 4. The molecule has 2 unspecified atom stereocenters. The Kier molecular flexibility index (Phi) is 9.20. The highest BCUT2D eigenvalue weighted by Crippen LogP contribution is 2.32. The van der Waals surface area contributed by atoms with Crippen LogP contribution in [0.25, 0.3) is 50.7 Å². The van der Waals surface area contributed by atoms with E-state index in [0.717, 1.165) is 61.9 Å². The van der Waals surface area contributed by atoms with E-state index in [-0.39, 0.29) is 18.0 Å². The Labute approximate surface area is 292 Å². The molecule has 1 amide bonds. The third-order valence-corrected chi connectivity index (χ3v) is 8.95. The molecule has 0 radical (unpaired) electrons. The fourth-order valence-corrected chi connectivity index (χ4v) is 6.21. The molecule has 0 spiro atoms. The van der Waals surface area contributed by atoms with Gasteiger partial charge in [0, 0.05) is 45.1 Å². The van der Waals surface area contributed by atoms with Crippen molar-refractivity contribution in [2.24, 2.45) is 0 Å². The van der Waals surface area contributed by atoms with Gasteiger partial charge < -0.3 is 10.6 Å². The van der Waals surface area contributed by atoms with Crippen molar-refractivity contribution in [1.29, 1.82) is 0 Å². The molecule has 7 nitrogen and oxygen atoms in total. The van der Waals surface area contributed by atoms with Crippen molar-refractivity contribution in [2.45, 2.75) is 25.9 Å². The van der Waals surface area contributed by atoms with Gasteiger partial charge in [0.2, 0.25) is 0 Å². The van der Waals surface area contributed by atoms with Crippen LogP contribution >= 0.6 is 0 Å². The fourth-order valence-electron chi connectivity index (χ4n) is 6.21. The Balaban J connectivity index is 1.10.